The Bertz CT molecular complexity index is 448. The molecule has 1 unspecified atom stereocenters. The van der Waals surface area contributed by atoms with E-state index >= 15 is 0 Å². The number of hydrogen-bond acceptors (Lipinski definition) is 6. The topological polar surface area (TPSA) is 59.5 Å². The molecule has 106 valence electrons. The van der Waals surface area contributed by atoms with Gasteiger partial charge in [0, 0.05) is 18.8 Å². The Labute approximate surface area is 121 Å². The largest absolute Gasteiger partial charge is 0.461 e. The van der Waals surface area contributed by atoms with Crippen LogP contribution < -0.4 is 0 Å². The first-order valence-corrected chi connectivity index (χ1v) is 8.11. The Balaban J connectivity index is 2.75. The summed E-state index contributed by atoms with van der Waals surface area (Å²) in [5, 5.41) is 0.219. The molecule has 1 aromatic heterocycles. The molecule has 5 nitrogen and oxygen atoms in total. The monoisotopic (exact) mass is 302 g/mol. The van der Waals surface area contributed by atoms with Crippen molar-refractivity contribution in [3.8, 4) is 0 Å². The summed E-state index contributed by atoms with van der Waals surface area (Å²) in [4.78, 5) is 29.7. The van der Waals surface area contributed by atoms with Crippen molar-refractivity contribution in [3.63, 3.8) is 0 Å². The van der Waals surface area contributed by atoms with Gasteiger partial charge >= 0.3 is 5.97 Å². The molecule has 7 heteroatoms. The number of carbonyl (C=O) groups excluding carboxylic acids is 2. The lowest BCUT2D eigenvalue weighted by atomic mass is 10.3. The van der Waals surface area contributed by atoms with Crippen molar-refractivity contribution in [1.82, 2.24) is 9.88 Å². The van der Waals surface area contributed by atoms with Crippen molar-refractivity contribution in [2.75, 3.05) is 25.7 Å². The van der Waals surface area contributed by atoms with Gasteiger partial charge in [-0.1, -0.05) is 0 Å². The summed E-state index contributed by atoms with van der Waals surface area (Å²) >= 11 is 2.76. The van der Waals surface area contributed by atoms with Gasteiger partial charge in [0.2, 0.25) is 5.01 Å². The highest BCUT2D eigenvalue weighted by Crippen LogP contribution is 2.17. The van der Waals surface area contributed by atoms with E-state index < -0.39 is 5.97 Å². The number of carbonyl (C=O) groups is 2. The molecule has 0 spiro atoms. The van der Waals surface area contributed by atoms with Crippen LogP contribution in [0, 0.1) is 0 Å². The summed E-state index contributed by atoms with van der Waals surface area (Å²) in [5.41, 5.74) is 0. The molecule has 0 saturated heterocycles. The second-order valence-electron chi connectivity index (χ2n) is 3.97. The molecular formula is C12H18N2O3S2. The summed E-state index contributed by atoms with van der Waals surface area (Å²) in [6, 6.07) is 0.135. The van der Waals surface area contributed by atoms with Crippen molar-refractivity contribution in [3.05, 3.63) is 16.1 Å². The van der Waals surface area contributed by atoms with Crippen LogP contribution in [0.4, 0.5) is 0 Å². The third kappa shape index (κ3) is 4.21. The molecule has 1 amide bonds. The van der Waals surface area contributed by atoms with Gasteiger partial charge < -0.3 is 9.64 Å². The molecule has 0 radical (unpaired) electrons. The van der Waals surface area contributed by atoms with Crippen LogP contribution in [-0.2, 0) is 4.74 Å². The van der Waals surface area contributed by atoms with Gasteiger partial charge in [0.05, 0.1) is 12.8 Å². The van der Waals surface area contributed by atoms with Gasteiger partial charge in [0.15, 0.2) is 0 Å². The Kier molecular flexibility index (Phi) is 6.30. The average Bonchev–Trinajstić information content (AvgIpc) is 2.87. The fourth-order valence-corrected chi connectivity index (χ4v) is 2.89. The van der Waals surface area contributed by atoms with Crippen LogP contribution in [0.1, 0.15) is 33.3 Å². The molecule has 1 rings (SSSR count). The smallest absolute Gasteiger partial charge is 0.367 e. The number of esters is 1. The van der Waals surface area contributed by atoms with E-state index in [4.69, 9.17) is 4.74 Å². The summed E-state index contributed by atoms with van der Waals surface area (Å²) in [6.45, 7) is 4.02. The highest BCUT2D eigenvalue weighted by molar-refractivity contribution is 7.98. The van der Waals surface area contributed by atoms with Crippen LogP contribution in [0.5, 0.6) is 0 Å². The number of nitrogens with zero attached hydrogens (tertiary/aromatic N) is 2. The lowest BCUT2D eigenvalue weighted by Crippen LogP contribution is -2.36. The number of aromatic nitrogens is 1. The van der Waals surface area contributed by atoms with E-state index in [-0.39, 0.29) is 17.0 Å². The van der Waals surface area contributed by atoms with E-state index in [1.54, 1.807) is 30.6 Å². The molecule has 0 N–H and O–H groups in total. The second kappa shape index (κ2) is 7.49. The minimum atomic E-state index is -0.480. The van der Waals surface area contributed by atoms with Gasteiger partial charge in [-0.15, -0.1) is 11.3 Å². The molecular weight excluding hydrogens is 284 g/mol. The summed E-state index contributed by atoms with van der Waals surface area (Å²) in [5.74, 6) is 0.271. The Morgan fingerprint density at radius 2 is 2.26 bits per heavy atom. The van der Waals surface area contributed by atoms with Gasteiger partial charge in [-0.3, -0.25) is 4.79 Å². The first-order valence-electron chi connectivity index (χ1n) is 5.90. The van der Waals surface area contributed by atoms with Gasteiger partial charge in [-0.05, 0) is 20.1 Å². The summed E-state index contributed by atoms with van der Waals surface area (Å²) < 4.78 is 4.85. The van der Waals surface area contributed by atoms with Crippen molar-refractivity contribution in [2.24, 2.45) is 0 Å². The van der Waals surface area contributed by atoms with Gasteiger partial charge in [0.1, 0.15) is 4.88 Å². The molecule has 0 fully saturated rings. The molecule has 1 aromatic rings. The van der Waals surface area contributed by atoms with Crippen molar-refractivity contribution >= 4 is 35.0 Å². The zero-order valence-corrected chi connectivity index (χ0v) is 13.1. The standard InChI is InChI=1S/C12H18N2O3S2/c1-5-17-12(16)10-13-6-9(19-10)11(15)14(3)8(2)7-18-4/h6,8H,5,7H2,1-4H3. The first-order chi connectivity index (χ1) is 9.01. The molecule has 0 aromatic carbocycles. The number of amides is 1. The predicted octanol–water partition coefficient (Wildman–Crippen LogP) is 2.14. The number of hydrogen-bond donors (Lipinski definition) is 0. The fraction of sp³-hybridized carbons (Fsp3) is 0.583. The Morgan fingerprint density at radius 3 is 2.84 bits per heavy atom. The second-order valence-corrected chi connectivity index (χ2v) is 5.91. The fourth-order valence-electron chi connectivity index (χ4n) is 1.39. The van der Waals surface area contributed by atoms with Crippen LogP contribution in [0.2, 0.25) is 0 Å². The maximum atomic E-state index is 12.2. The zero-order valence-electron chi connectivity index (χ0n) is 11.5. The van der Waals surface area contributed by atoms with E-state index in [1.807, 2.05) is 13.2 Å². The highest BCUT2D eigenvalue weighted by atomic mass is 32.2. The number of rotatable bonds is 6. The minimum absolute atomic E-state index is 0.116. The molecule has 1 heterocycles. The summed E-state index contributed by atoms with van der Waals surface area (Å²) in [6.07, 6.45) is 3.43. The number of thioether (sulfide) groups is 1. The third-order valence-electron chi connectivity index (χ3n) is 2.56. The third-order valence-corrected chi connectivity index (χ3v) is 4.34. The van der Waals surface area contributed by atoms with Crippen molar-refractivity contribution < 1.29 is 14.3 Å². The summed E-state index contributed by atoms with van der Waals surface area (Å²) in [7, 11) is 1.76. The molecule has 1 atom stereocenters. The maximum Gasteiger partial charge on any atom is 0.367 e. The van der Waals surface area contributed by atoms with E-state index in [0.717, 1.165) is 17.1 Å². The van der Waals surface area contributed by atoms with Crippen molar-refractivity contribution in [1.29, 1.82) is 0 Å². The number of ether oxygens (including phenoxy) is 1. The SMILES string of the molecule is CCOC(=O)c1ncc(C(=O)N(C)C(C)CSC)s1. The first kappa shape index (κ1) is 16.0. The molecule has 0 aliphatic carbocycles. The van der Waals surface area contributed by atoms with Crippen LogP contribution in [0.3, 0.4) is 0 Å². The molecule has 0 saturated carbocycles. The van der Waals surface area contributed by atoms with Gasteiger partial charge in [-0.25, -0.2) is 9.78 Å². The van der Waals surface area contributed by atoms with E-state index in [0.29, 0.717) is 11.5 Å². The average molecular weight is 302 g/mol. The highest BCUT2D eigenvalue weighted by Gasteiger charge is 2.21. The molecule has 19 heavy (non-hydrogen) atoms. The van der Waals surface area contributed by atoms with Gasteiger partial charge in [-0.2, -0.15) is 11.8 Å². The molecule has 0 aliphatic rings. The quantitative estimate of drug-likeness (QED) is 0.754. The normalized spacial score (nSPS) is 12.0. The molecule has 0 aliphatic heterocycles. The molecule has 0 bridgehead atoms. The van der Waals surface area contributed by atoms with Gasteiger partial charge in [0.25, 0.3) is 5.91 Å². The zero-order chi connectivity index (χ0) is 14.4. The Hall–Kier alpha value is -1.08. The predicted molar refractivity (Wildman–Crippen MR) is 78.0 cm³/mol. The Morgan fingerprint density at radius 1 is 1.58 bits per heavy atom. The minimum Gasteiger partial charge on any atom is -0.461 e. The number of thiazole rings is 1. The van der Waals surface area contributed by atoms with Crippen LogP contribution >= 0.6 is 23.1 Å². The maximum absolute atomic E-state index is 12.2. The van der Waals surface area contributed by atoms with Crippen LogP contribution in [-0.4, -0.2) is 53.5 Å². The van der Waals surface area contributed by atoms with E-state index in [2.05, 4.69) is 4.98 Å². The van der Waals surface area contributed by atoms with E-state index in [1.165, 1.54) is 6.20 Å². The van der Waals surface area contributed by atoms with Crippen molar-refractivity contribution in [2.45, 2.75) is 19.9 Å². The lowest BCUT2D eigenvalue weighted by Gasteiger charge is -2.23. The lowest BCUT2D eigenvalue weighted by molar-refractivity contribution is 0.0525. The van der Waals surface area contributed by atoms with Crippen LogP contribution in [0.25, 0.3) is 0 Å². The van der Waals surface area contributed by atoms with Crippen LogP contribution in [0.15, 0.2) is 6.20 Å². The van der Waals surface area contributed by atoms with E-state index in [9.17, 15) is 9.59 Å².